The lowest BCUT2D eigenvalue weighted by Gasteiger charge is -2.09. The summed E-state index contributed by atoms with van der Waals surface area (Å²) in [6, 6.07) is 23.2. The molecule has 2 heterocycles. The van der Waals surface area contributed by atoms with Gasteiger partial charge in [-0.2, -0.15) is 5.10 Å². The van der Waals surface area contributed by atoms with E-state index in [-0.39, 0.29) is 22.4 Å². The number of rotatable bonds is 7. The Labute approximate surface area is 197 Å². The van der Waals surface area contributed by atoms with Gasteiger partial charge in [-0.15, -0.1) is 10.2 Å². The molecule has 0 aliphatic rings. The summed E-state index contributed by atoms with van der Waals surface area (Å²) in [6.45, 7) is 0.297. The van der Waals surface area contributed by atoms with Gasteiger partial charge in [0.05, 0.1) is 16.9 Å². The monoisotopic (exact) mass is 471 g/mol. The number of nitro benzene ring substituents is 1. The van der Waals surface area contributed by atoms with Gasteiger partial charge >= 0.3 is 0 Å². The van der Waals surface area contributed by atoms with E-state index in [9.17, 15) is 14.9 Å². The van der Waals surface area contributed by atoms with Crippen molar-refractivity contribution in [3.63, 3.8) is 0 Å². The van der Waals surface area contributed by atoms with Gasteiger partial charge in [0.2, 0.25) is 0 Å². The van der Waals surface area contributed by atoms with Crippen LogP contribution in [0.5, 0.6) is 0 Å². The van der Waals surface area contributed by atoms with Gasteiger partial charge in [-0.25, -0.2) is 4.68 Å². The second-order valence-electron chi connectivity index (χ2n) is 7.39. The van der Waals surface area contributed by atoms with Crippen LogP contribution in [0.25, 0.3) is 22.4 Å². The van der Waals surface area contributed by atoms with Gasteiger partial charge in [-0.05, 0) is 11.6 Å². The quantitative estimate of drug-likeness (QED) is 0.191. The SMILES string of the molecule is O=c1c2ccccc2c(-c2nnc(SCc3ccccc3[N+](=O)[O-])o2)nn1Cc1ccccc1. The Bertz CT molecular complexity index is 1550. The number of nitro groups is 1. The van der Waals surface area contributed by atoms with Crippen LogP contribution >= 0.6 is 11.8 Å². The fourth-order valence-corrected chi connectivity index (χ4v) is 4.33. The number of nitrogens with zero attached hydrogens (tertiary/aromatic N) is 5. The van der Waals surface area contributed by atoms with Crippen LogP contribution < -0.4 is 5.56 Å². The Morgan fingerprint density at radius 2 is 1.62 bits per heavy atom. The third-order valence-corrected chi connectivity index (χ3v) is 6.06. The van der Waals surface area contributed by atoms with Crippen molar-refractivity contribution >= 4 is 28.2 Å². The van der Waals surface area contributed by atoms with Crippen molar-refractivity contribution in [2.45, 2.75) is 17.5 Å². The van der Waals surface area contributed by atoms with Crippen molar-refractivity contribution in [3.05, 3.63) is 110 Å². The average molecular weight is 471 g/mol. The standard InChI is InChI=1S/C24H17N5O4S/c30-23-19-12-6-5-11-18(19)21(27-28(23)14-16-8-2-1-3-9-16)22-25-26-24(33-22)34-15-17-10-4-7-13-20(17)29(31)32/h1-13H,14-15H2. The van der Waals surface area contributed by atoms with Crippen molar-refractivity contribution in [2.24, 2.45) is 0 Å². The zero-order valence-corrected chi connectivity index (χ0v) is 18.5. The highest BCUT2D eigenvalue weighted by Gasteiger charge is 2.19. The molecule has 0 N–H and O–H groups in total. The lowest BCUT2D eigenvalue weighted by Crippen LogP contribution is -2.24. The van der Waals surface area contributed by atoms with Crippen LogP contribution in [0, 0.1) is 10.1 Å². The summed E-state index contributed by atoms with van der Waals surface area (Å²) in [5.74, 6) is 0.462. The molecule has 34 heavy (non-hydrogen) atoms. The van der Waals surface area contributed by atoms with Crippen LogP contribution in [-0.4, -0.2) is 24.9 Å². The smallest absolute Gasteiger partial charge is 0.277 e. The molecule has 10 heteroatoms. The molecule has 0 unspecified atom stereocenters. The minimum Gasteiger partial charge on any atom is -0.409 e. The molecule has 0 spiro atoms. The Hall–Kier alpha value is -4.31. The number of hydrogen-bond donors (Lipinski definition) is 0. The van der Waals surface area contributed by atoms with Crippen molar-refractivity contribution in [2.75, 3.05) is 0 Å². The first-order valence-corrected chi connectivity index (χ1v) is 11.3. The van der Waals surface area contributed by atoms with Gasteiger partial charge < -0.3 is 4.42 Å². The van der Waals surface area contributed by atoms with Crippen LogP contribution in [0.1, 0.15) is 11.1 Å². The zero-order valence-electron chi connectivity index (χ0n) is 17.7. The molecule has 0 atom stereocenters. The molecule has 0 fully saturated rings. The molecular formula is C24H17N5O4S. The fourth-order valence-electron chi connectivity index (χ4n) is 3.57. The molecule has 168 valence electrons. The Balaban J connectivity index is 1.48. The lowest BCUT2D eigenvalue weighted by molar-refractivity contribution is -0.385. The van der Waals surface area contributed by atoms with E-state index in [4.69, 9.17) is 4.42 Å². The number of hydrogen-bond acceptors (Lipinski definition) is 8. The fraction of sp³-hybridized carbons (Fsp3) is 0.0833. The molecule has 0 aliphatic carbocycles. The van der Waals surface area contributed by atoms with Crippen LogP contribution in [-0.2, 0) is 12.3 Å². The van der Waals surface area contributed by atoms with E-state index in [0.29, 0.717) is 34.3 Å². The second-order valence-corrected chi connectivity index (χ2v) is 8.32. The molecule has 0 saturated carbocycles. The largest absolute Gasteiger partial charge is 0.409 e. The second kappa shape index (κ2) is 9.28. The van der Waals surface area contributed by atoms with Gasteiger partial charge in [-0.1, -0.05) is 78.5 Å². The third-order valence-electron chi connectivity index (χ3n) is 5.19. The third kappa shape index (κ3) is 4.30. The van der Waals surface area contributed by atoms with E-state index in [2.05, 4.69) is 15.3 Å². The van der Waals surface area contributed by atoms with Crippen molar-refractivity contribution in [1.29, 1.82) is 0 Å². The molecule has 5 rings (SSSR count). The predicted octanol–water partition coefficient (Wildman–Crippen LogP) is 4.70. The zero-order chi connectivity index (χ0) is 23.5. The van der Waals surface area contributed by atoms with E-state index in [1.54, 1.807) is 36.4 Å². The molecule has 2 aromatic heterocycles. The lowest BCUT2D eigenvalue weighted by atomic mass is 10.1. The molecule has 3 aromatic carbocycles. The van der Waals surface area contributed by atoms with Crippen LogP contribution in [0.4, 0.5) is 5.69 Å². The maximum atomic E-state index is 13.0. The van der Waals surface area contributed by atoms with E-state index in [0.717, 1.165) is 5.56 Å². The Morgan fingerprint density at radius 3 is 2.41 bits per heavy atom. The van der Waals surface area contributed by atoms with Gasteiger partial charge in [0.1, 0.15) is 0 Å². The normalized spacial score (nSPS) is 11.1. The maximum Gasteiger partial charge on any atom is 0.277 e. The summed E-state index contributed by atoms with van der Waals surface area (Å²) in [4.78, 5) is 23.9. The first-order chi connectivity index (χ1) is 16.6. The average Bonchev–Trinajstić information content (AvgIpc) is 3.34. The van der Waals surface area contributed by atoms with Crippen LogP contribution in [0.2, 0.25) is 0 Å². The highest BCUT2D eigenvalue weighted by atomic mass is 32.2. The van der Waals surface area contributed by atoms with Gasteiger partial charge in [0, 0.05) is 22.8 Å². The van der Waals surface area contributed by atoms with Gasteiger partial charge in [0.15, 0.2) is 5.69 Å². The molecular weight excluding hydrogens is 454 g/mol. The van der Waals surface area contributed by atoms with E-state index in [1.165, 1.54) is 22.5 Å². The minimum absolute atomic E-state index is 0.0374. The first-order valence-electron chi connectivity index (χ1n) is 10.3. The summed E-state index contributed by atoms with van der Waals surface area (Å²) in [6.07, 6.45) is 0. The minimum atomic E-state index is -0.416. The predicted molar refractivity (Wildman–Crippen MR) is 127 cm³/mol. The molecule has 0 amide bonds. The van der Waals surface area contributed by atoms with E-state index in [1.807, 2.05) is 36.4 Å². The van der Waals surface area contributed by atoms with Crippen molar-refractivity contribution in [3.8, 4) is 11.6 Å². The first kappa shape index (κ1) is 21.5. The summed E-state index contributed by atoms with van der Waals surface area (Å²) in [7, 11) is 0. The molecule has 0 radical (unpaired) electrons. The number of aromatic nitrogens is 4. The number of benzene rings is 3. The molecule has 9 nitrogen and oxygen atoms in total. The van der Waals surface area contributed by atoms with Crippen LogP contribution in [0.15, 0.2) is 93.3 Å². The molecule has 5 aromatic rings. The Morgan fingerprint density at radius 1 is 0.912 bits per heavy atom. The van der Waals surface area contributed by atoms with Crippen LogP contribution in [0.3, 0.4) is 0 Å². The van der Waals surface area contributed by atoms with Gasteiger partial charge in [-0.3, -0.25) is 14.9 Å². The Kier molecular flexibility index (Phi) is 5.88. The highest BCUT2D eigenvalue weighted by Crippen LogP contribution is 2.30. The van der Waals surface area contributed by atoms with Crippen molar-refractivity contribution < 1.29 is 9.34 Å². The molecule has 0 bridgehead atoms. The maximum absolute atomic E-state index is 13.0. The number of para-hydroxylation sites is 1. The number of fused-ring (bicyclic) bond motifs is 1. The van der Waals surface area contributed by atoms with E-state index >= 15 is 0 Å². The summed E-state index contributed by atoms with van der Waals surface area (Å²) in [5.41, 5.74) is 1.71. The highest BCUT2D eigenvalue weighted by molar-refractivity contribution is 7.98. The van der Waals surface area contributed by atoms with E-state index < -0.39 is 4.92 Å². The van der Waals surface area contributed by atoms with Gasteiger partial charge in [0.25, 0.3) is 22.4 Å². The number of thioether (sulfide) groups is 1. The molecule has 0 aliphatic heterocycles. The summed E-state index contributed by atoms with van der Waals surface area (Å²) < 4.78 is 7.22. The topological polar surface area (TPSA) is 117 Å². The summed E-state index contributed by atoms with van der Waals surface area (Å²) >= 11 is 1.19. The molecule has 0 saturated heterocycles. The van der Waals surface area contributed by atoms with Crippen molar-refractivity contribution in [1.82, 2.24) is 20.0 Å². The summed E-state index contributed by atoms with van der Waals surface area (Å²) in [5, 5.41) is 25.4.